The quantitative estimate of drug-likeness (QED) is 0.911. The monoisotopic (exact) mass is 315 g/mol. The lowest BCUT2D eigenvalue weighted by Crippen LogP contribution is -2.44. The summed E-state index contributed by atoms with van der Waals surface area (Å²) in [6.07, 6.45) is 0.763. The lowest BCUT2D eigenvalue weighted by atomic mass is 9.97. The third-order valence-corrected chi connectivity index (χ3v) is 3.81. The fraction of sp³-hybridized carbons (Fsp3) is 0.462. The van der Waals surface area contributed by atoms with Crippen molar-refractivity contribution in [1.29, 1.82) is 0 Å². The summed E-state index contributed by atoms with van der Waals surface area (Å²) in [6.45, 7) is 3.28. The Morgan fingerprint density at radius 3 is 3.00 bits per heavy atom. The van der Waals surface area contributed by atoms with Gasteiger partial charge in [0, 0.05) is 17.1 Å². The zero-order valence-corrected chi connectivity index (χ0v) is 11.7. The first kappa shape index (κ1) is 13.5. The number of carbonyl (C=O) groups excluding carboxylic acids is 1. The molecule has 0 bridgehead atoms. The predicted molar refractivity (Wildman–Crippen MR) is 70.0 cm³/mol. The van der Waals surface area contributed by atoms with E-state index in [9.17, 15) is 9.18 Å². The van der Waals surface area contributed by atoms with E-state index in [0.717, 1.165) is 6.42 Å². The molecule has 2 rings (SSSR count). The second kappa shape index (κ2) is 5.80. The molecule has 0 aliphatic carbocycles. The van der Waals surface area contributed by atoms with Crippen LogP contribution in [-0.4, -0.2) is 25.2 Å². The van der Waals surface area contributed by atoms with E-state index in [0.29, 0.717) is 17.7 Å². The SMILES string of the molecule is CC1COCCC1NC(=O)c1c(F)cccc1Br. The standard InChI is InChI=1S/C13H15BrFNO2/c1-8-7-18-6-5-11(8)16-13(17)12-9(14)3-2-4-10(12)15/h2-4,8,11H,5-7H2,1H3,(H,16,17). The van der Waals surface area contributed by atoms with Gasteiger partial charge in [-0.2, -0.15) is 0 Å². The molecule has 1 amide bonds. The van der Waals surface area contributed by atoms with Gasteiger partial charge in [-0.25, -0.2) is 4.39 Å². The van der Waals surface area contributed by atoms with Crippen LogP contribution in [0.4, 0.5) is 4.39 Å². The molecule has 5 heteroatoms. The summed E-state index contributed by atoms with van der Waals surface area (Å²) in [5.41, 5.74) is 0.0659. The van der Waals surface area contributed by atoms with Crippen molar-refractivity contribution in [1.82, 2.24) is 5.32 Å². The zero-order chi connectivity index (χ0) is 13.1. The molecule has 0 radical (unpaired) electrons. The van der Waals surface area contributed by atoms with Crippen molar-refractivity contribution in [2.24, 2.45) is 5.92 Å². The van der Waals surface area contributed by atoms with Gasteiger partial charge in [0.2, 0.25) is 0 Å². The highest BCUT2D eigenvalue weighted by Crippen LogP contribution is 2.21. The van der Waals surface area contributed by atoms with E-state index >= 15 is 0 Å². The van der Waals surface area contributed by atoms with Gasteiger partial charge in [0.1, 0.15) is 5.82 Å². The lowest BCUT2D eigenvalue weighted by molar-refractivity contribution is 0.0374. The van der Waals surface area contributed by atoms with Crippen molar-refractivity contribution < 1.29 is 13.9 Å². The topological polar surface area (TPSA) is 38.3 Å². The van der Waals surface area contributed by atoms with Crippen molar-refractivity contribution in [3.05, 3.63) is 34.1 Å². The molecule has 0 spiro atoms. The molecule has 18 heavy (non-hydrogen) atoms. The first-order valence-electron chi connectivity index (χ1n) is 5.92. The van der Waals surface area contributed by atoms with Crippen LogP contribution in [0.5, 0.6) is 0 Å². The van der Waals surface area contributed by atoms with E-state index in [1.807, 2.05) is 6.92 Å². The molecule has 0 aromatic heterocycles. The number of halogens is 2. The molecule has 1 saturated heterocycles. The summed E-state index contributed by atoms with van der Waals surface area (Å²) in [6, 6.07) is 4.55. The van der Waals surface area contributed by atoms with Gasteiger partial charge in [-0.3, -0.25) is 4.79 Å². The highest BCUT2D eigenvalue weighted by atomic mass is 79.9. The lowest BCUT2D eigenvalue weighted by Gasteiger charge is -2.29. The Kier molecular flexibility index (Phi) is 4.35. The summed E-state index contributed by atoms with van der Waals surface area (Å²) in [5, 5.41) is 2.88. The van der Waals surface area contributed by atoms with Crippen LogP contribution < -0.4 is 5.32 Å². The number of benzene rings is 1. The molecular formula is C13H15BrFNO2. The van der Waals surface area contributed by atoms with E-state index in [1.54, 1.807) is 12.1 Å². The minimum Gasteiger partial charge on any atom is -0.381 e. The van der Waals surface area contributed by atoms with Crippen molar-refractivity contribution in [2.45, 2.75) is 19.4 Å². The number of ether oxygens (including phenoxy) is 1. The second-order valence-corrected chi connectivity index (χ2v) is 5.37. The first-order chi connectivity index (χ1) is 8.59. The molecule has 1 aliphatic rings. The van der Waals surface area contributed by atoms with Crippen LogP contribution in [-0.2, 0) is 4.74 Å². The van der Waals surface area contributed by atoms with E-state index in [1.165, 1.54) is 6.07 Å². The average molecular weight is 316 g/mol. The van der Waals surface area contributed by atoms with Crippen LogP contribution in [0.1, 0.15) is 23.7 Å². The van der Waals surface area contributed by atoms with Crippen LogP contribution >= 0.6 is 15.9 Å². The summed E-state index contributed by atoms with van der Waals surface area (Å²) >= 11 is 3.20. The van der Waals surface area contributed by atoms with E-state index in [-0.39, 0.29) is 23.4 Å². The first-order valence-corrected chi connectivity index (χ1v) is 6.71. The number of hydrogen-bond donors (Lipinski definition) is 1. The molecule has 1 aliphatic heterocycles. The molecule has 1 aromatic rings. The fourth-order valence-electron chi connectivity index (χ4n) is 2.05. The third-order valence-electron chi connectivity index (χ3n) is 3.15. The van der Waals surface area contributed by atoms with Crippen LogP contribution in [0.3, 0.4) is 0 Å². The Hall–Kier alpha value is -0.940. The van der Waals surface area contributed by atoms with Gasteiger partial charge < -0.3 is 10.1 Å². The van der Waals surface area contributed by atoms with Crippen LogP contribution in [0.2, 0.25) is 0 Å². The van der Waals surface area contributed by atoms with Gasteiger partial charge in [0.15, 0.2) is 0 Å². The Morgan fingerprint density at radius 2 is 2.33 bits per heavy atom. The van der Waals surface area contributed by atoms with E-state index in [2.05, 4.69) is 21.2 Å². The number of rotatable bonds is 2. The van der Waals surface area contributed by atoms with Crippen molar-refractivity contribution in [2.75, 3.05) is 13.2 Å². The van der Waals surface area contributed by atoms with Crippen LogP contribution in [0.25, 0.3) is 0 Å². The molecule has 98 valence electrons. The summed E-state index contributed by atoms with van der Waals surface area (Å²) < 4.78 is 19.4. The summed E-state index contributed by atoms with van der Waals surface area (Å²) in [7, 11) is 0. The predicted octanol–water partition coefficient (Wildman–Crippen LogP) is 2.74. The maximum atomic E-state index is 13.6. The minimum atomic E-state index is -0.512. The summed E-state index contributed by atoms with van der Waals surface area (Å²) in [4.78, 5) is 12.1. The average Bonchev–Trinajstić information content (AvgIpc) is 2.32. The zero-order valence-electron chi connectivity index (χ0n) is 10.1. The second-order valence-electron chi connectivity index (χ2n) is 4.52. The van der Waals surface area contributed by atoms with Crippen LogP contribution in [0, 0.1) is 11.7 Å². The highest BCUT2D eigenvalue weighted by molar-refractivity contribution is 9.10. The highest BCUT2D eigenvalue weighted by Gasteiger charge is 2.25. The molecule has 0 saturated carbocycles. The van der Waals surface area contributed by atoms with Crippen molar-refractivity contribution in [3.63, 3.8) is 0 Å². The summed E-state index contributed by atoms with van der Waals surface area (Å²) in [5.74, 6) is -0.645. The molecule has 1 N–H and O–H groups in total. The third kappa shape index (κ3) is 2.90. The normalized spacial score (nSPS) is 23.7. The van der Waals surface area contributed by atoms with Gasteiger partial charge in [-0.1, -0.05) is 13.0 Å². The molecule has 2 unspecified atom stereocenters. The molecule has 3 nitrogen and oxygen atoms in total. The molecule has 2 atom stereocenters. The van der Waals surface area contributed by atoms with Gasteiger partial charge in [0.25, 0.3) is 5.91 Å². The Morgan fingerprint density at radius 1 is 1.56 bits per heavy atom. The van der Waals surface area contributed by atoms with E-state index < -0.39 is 5.82 Å². The molecule has 1 heterocycles. The molecule has 1 aromatic carbocycles. The van der Waals surface area contributed by atoms with Gasteiger partial charge in [-0.15, -0.1) is 0 Å². The smallest absolute Gasteiger partial charge is 0.255 e. The maximum Gasteiger partial charge on any atom is 0.255 e. The van der Waals surface area contributed by atoms with Crippen molar-refractivity contribution >= 4 is 21.8 Å². The van der Waals surface area contributed by atoms with Crippen molar-refractivity contribution in [3.8, 4) is 0 Å². The number of amides is 1. The minimum absolute atomic E-state index is 0.0396. The number of carbonyl (C=O) groups is 1. The Bertz CT molecular complexity index is 432. The maximum absolute atomic E-state index is 13.6. The molecular weight excluding hydrogens is 301 g/mol. The number of nitrogens with one attached hydrogen (secondary N) is 1. The van der Waals surface area contributed by atoms with E-state index in [4.69, 9.17) is 4.74 Å². The largest absolute Gasteiger partial charge is 0.381 e. The Labute approximate surface area is 114 Å². The van der Waals surface area contributed by atoms with Gasteiger partial charge >= 0.3 is 0 Å². The fourth-order valence-corrected chi connectivity index (χ4v) is 2.57. The van der Waals surface area contributed by atoms with Gasteiger partial charge in [-0.05, 0) is 40.4 Å². The number of hydrogen-bond acceptors (Lipinski definition) is 2. The Balaban J connectivity index is 2.12. The van der Waals surface area contributed by atoms with Gasteiger partial charge in [0.05, 0.1) is 12.2 Å². The van der Waals surface area contributed by atoms with Crippen LogP contribution in [0.15, 0.2) is 22.7 Å². The molecule has 1 fully saturated rings.